The lowest BCUT2D eigenvalue weighted by atomic mass is 9.94. The van der Waals surface area contributed by atoms with Crippen molar-refractivity contribution < 1.29 is 4.74 Å². The van der Waals surface area contributed by atoms with Crippen molar-refractivity contribution in [2.75, 3.05) is 26.2 Å². The van der Waals surface area contributed by atoms with E-state index < -0.39 is 0 Å². The molecule has 0 saturated carbocycles. The molecule has 0 aromatic carbocycles. The highest BCUT2D eigenvalue weighted by Gasteiger charge is 2.28. The van der Waals surface area contributed by atoms with Crippen LogP contribution in [-0.2, 0) is 4.74 Å². The molecule has 2 saturated heterocycles. The van der Waals surface area contributed by atoms with Gasteiger partial charge in [-0.15, -0.1) is 0 Å². The minimum atomic E-state index is 0.558. The Morgan fingerprint density at radius 1 is 1.42 bits per heavy atom. The van der Waals surface area contributed by atoms with Crippen molar-refractivity contribution in [1.29, 1.82) is 0 Å². The van der Waals surface area contributed by atoms with Crippen LogP contribution in [0.4, 0.5) is 0 Å². The molecule has 112 valence electrons. The average molecular weight is 268 g/mol. The van der Waals surface area contributed by atoms with Crippen LogP contribution in [0.3, 0.4) is 0 Å². The third kappa shape index (κ3) is 4.44. The monoisotopic (exact) mass is 268 g/mol. The Kier molecular flexibility index (Phi) is 6.11. The molecular formula is C16H32N2O. The SMILES string of the molecule is CCC(C)C1CNC(C)CN1CCCC1CCCO1. The van der Waals surface area contributed by atoms with Gasteiger partial charge in [-0.05, 0) is 45.1 Å². The average Bonchev–Trinajstić information content (AvgIpc) is 2.91. The summed E-state index contributed by atoms with van der Waals surface area (Å²) in [5, 5.41) is 3.64. The molecular weight excluding hydrogens is 236 g/mol. The van der Waals surface area contributed by atoms with Crippen molar-refractivity contribution in [2.24, 2.45) is 5.92 Å². The second kappa shape index (κ2) is 7.61. The van der Waals surface area contributed by atoms with Gasteiger partial charge in [0.15, 0.2) is 0 Å². The van der Waals surface area contributed by atoms with Gasteiger partial charge in [0.2, 0.25) is 0 Å². The van der Waals surface area contributed by atoms with Gasteiger partial charge in [0, 0.05) is 31.8 Å². The Balaban J connectivity index is 1.76. The minimum Gasteiger partial charge on any atom is -0.378 e. The first-order valence-electron chi connectivity index (χ1n) is 8.29. The van der Waals surface area contributed by atoms with Gasteiger partial charge < -0.3 is 10.1 Å². The van der Waals surface area contributed by atoms with E-state index in [-0.39, 0.29) is 0 Å². The van der Waals surface area contributed by atoms with Crippen molar-refractivity contribution in [1.82, 2.24) is 10.2 Å². The Morgan fingerprint density at radius 2 is 2.26 bits per heavy atom. The van der Waals surface area contributed by atoms with E-state index in [1.807, 2.05) is 0 Å². The number of rotatable bonds is 6. The smallest absolute Gasteiger partial charge is 0.0576 e. The van der Waals surface area contributed by atoms with Gasteiger partial charge in [-0.1, -0.05) is 20.3 Å². The number of nitrogens with zero attached hydrogens (tertiary/aromatic N) is 1. The summed E-state index contributed by atoms with van der Waals surface area (Å²) in [4.78, 5) is 2.73. The van der Waals surface area contributed by atoms with Gasteiger partial charge in [0.05, 0.1) is 6.10 Å². The van der Waals surface area contributed by atoms with E-state index in [1.165, 1.54) is 45.2 Å². The molecule has 0 aromatic heterocycles. The molecule has 2 heterocycles. The van der Waals surface area contributed by atoms with Gasteiger partial charge in [0.25, 0.3) is 0 Å². The predicted octanol–water partition coefficient (Wildman–Crippen LogP) is 2.65. The predicted molar refractivity (Wildman–Crippen MR) is 80.5 cm³/mol. The van der Waals surface area contributed by atoms with Gasteiger partial charge in [-0.25, -0.2) is 0 Å². The molecule has 0 amide bonds. The van der Waals surface area contributed by atoms with Crippen LogP contribution in [0.2, 0.25) is 0 Å². The third-order valence-electron chi connectivity index (χ3n) is 4.95. The van der Waals surface area contributed by atoms with E-state index in [0.717, 1.165) is 25.1 Å². The summed E-state index contributed by atoms with van der Waals surface area (Å²) in [7, 11) is 0. The zero-order chi connectivity index (χ0) is 13.7. The van der Waals surface area contributed by atoms with Gasteiger partial charge >= 0.3 is 0 Å². The number of hydrogen-bond acceptors (Lipinski definition) is 3. The maximum atomic E-state index is 5.73. The lowest BCUT2D eigenvalue weighted by Crippen LogP contribution is -2.57. The fourth-order valence-corrected chi connectivity index (χ4v) is 3.49. The number of piperazine rings is 1. The number of nitrogens with one attached hydrogen (secondary N) is 1. The summed E-state index contributed by atoms with van der Waals surface area (Å²) in [6, 6.07) is 1.37. The Hall–Kier alpha value is -0.120. The van der Waals surface area contributed by atoms with Crippen LogP contribution in [0.5, 0.6) is 0 Å². The van der Waals surface area contributed by atoms with E-state index in [4.69, 9.17) is 4.74 Å². The molecule has 3 heteroatoms. The maximum absolute atomic E-state index is 5.73. The molecule has 0 aliphatic carbocycles. The highest BCUT2D eigenvalue weighted by molar-refractivity contribution is 4.87. The summed E-state index contributed by atoms with van der Waals surface area (Å²) in [5.74, 6) is 0.794. The first-order chi connectivity index (χ1) is 9.20. The zero-order valence-corrected chi connectivity index (χ0v) is 13.0. The minimum absolute atomic E-state index is 0.558. The van der Waals surface area contributed by atoms with E-state index >= 15 is 0 Å². The lowest BCUT2D eigenvalue weighted by molar-refractivity contribution is 0.0752. The molecule has 2 fully saturated rings. The second-order valence-corrected chi connectivity index (χ2v) is 6.53. The molecule has 2 aliphatic rings. The molecule has 0 aromatic rings. The largest absolute Gasteiger partial charge is 0.378 e. The highest BCUT2D eigenvalue weighted by Crippen LogP contribution is 2.21. The van der Waals surface area contributed by atoms with Crippen molar-refractivity contribution in [3.8, 4) is 0 Å². The fraction of sp³-hybridized carbons (Fsp3) is 1.00. The van der Waals surface area contributed by atoms with Crippen LogP contribution in [0, 0.1) is 5.92 Å². The summed E-state index contributed by atoms with van der Waals surface area (Å²) >= 11 is 0. The van der Waals surface area contributed by atoms with Gasteiger partial charge in [-0.2, -0.15) is 0 Å². The molecule has 2 rings (SSSR count). The van der Waals surface area contributed by atoms with Gasteiger partial charge in [0.1, 0.15) is 0 Å². The molecule has 0 radical (unpaired) electrons. The summed E-state index contributed by atoms with van der Waals surface area (Å²) < 4.78 is 5.73. The van der Waals surface area contributed by atoms with Crippen molar-refractivity contribution in [2.45, 2.75) is 71.1 Å². The van der Waals surface area contributed by atoms with E-state index in [1.54, 1.807) is 0 Å². The van der Waals surface area contributed by atoms with Crippen LogP contribution in [-0.4, -0.2) is 49.3 Å². The van der Waals surface area contributed by atoms with Crippen LogP contribution < -0.4 is 5.32 Å². The molecule has 3 nitrogen and oxygen atoms in total. The molecule has 4 unspecified atom stereocenters. The first-order valence-corrected chi connectivity index (χ1v) is 8.29. The van der Waals surface area contributed by atoms with Crippen molar-refractivity contribution in [3.63, 3.8) is 0 Å². The Morgan fingerprint density at radius 3 is 2.95 bits per heavy atom. The second-order valence-electron chi connectivity index (χ2n) is 6.53. The molecule has 0 bridgehead atoms. The lowest BCUT2D eigenvalue weighted by Gasteiger charge is -2.42. The molecule has 0 spiro atoms. The summed E-state index contributed by atoms with van der Waals surface area (Å²) in [5.41, 5.74) is 0. The van der Waals surface area contributed by atoms with Gasteiger partial charge in [-0.3, -0.25) is 4.90 Å². The first kappa shape index (κ1) is 15.3. The standard InChI is InChI=1S/C16H32N2O/c1-4-13(2)16-11-17-14(3)12-18(16)9-5-7-15-8-6-10-19-15/h13-17H,4-12H2,1-3H3. The highest BCUT2D eigenvalue weighted by atomic mass is 16.5. The van der Waals surface area contributed by atoms with Crippen molar-refractivity contribution >= 4 is 0 Å². The molecule has 1 N–H and O–H groups in total. The number of hydrogen-bond donors (Lipinski definition) is 1. The summed E-state index contributed by atoms with van der Waals surface area (Å²) in [6.45, 7) is 11.6. The van der Waals surface area contributed by atoms with Crippen LogP contribution >= 0.6 is 0 Å². The van der Waals surface area contributed by atoms with E-state index in [2.05, 4.69) is 31.0 Å². The van der Waals surface area contributed by atoms with Crippen LogP contribution in [0.1, 0.15) is 52.9 Å². The van der Waals surface area contributed by atoms with Crippen LogP contribution in [0.25, 0.3) is 0 Å². The quantitative estimate of drug-likeness (QED) is 0.801. The number of ether oxygens (including phenoxy) is 1. The Labute approximate surface area is 119 Å². The summed E-state index contributed by atoms with van der Waals surface area (Å²) in [6.07, 6.45) is 6.94. The third-order valence-corrected chi connectivity index (χ3v) is 4.95. The van der Waals surface area contributed by atoms with E-state index in [9.17, 15) is 0 Å². The fourth-order valence-electron chi connectivity index (χ4n) is 3.49. The zero-order valence-electron chi connectivity index (χ0n) is 13.0. The topological polar surface area (TPSA) is 24.5 Å². The molecule has 4 atom stereocenters. The van der Waals surface area contributed by atoms with Crippen molar-refractivity contribution in [3.05, 3.63) is 0 Å². The Bertz CT molecular complexity index is 253. The van der Waals surface area contributed by atoms with E-state index in [0.29, 0.717) is 12.1 Å². The normalized spacial score (nSPS) is 34.6. The molecule has 19 heavy (non-hydrogen) atoms. The molecule has 2 aliphatic heterocycles. The van der Waals surface area contributed by atoms with Crippen LogP contribution in [0.15, 0.2) is 0 Å². The maximum Gasteiger partial charge on any atom is 0.0576 e.